The van der Waals surface area contributed by atoms with Crippen LogP contribution >= 0.6 is 0 Å². The zero-order valence-corrected chi connectivity index (χ0v) is 13.6. The molecule has 3 heterocycles. The van der Waals surface area contributed by atoms with Crippen LogP contribution in [0.4, 0.5) is 0 Å². The number of pyridine rings is 1. The van der Waals surface area contributed by atoms with Gasteiger partial charge in [0.2, 0.25) is 0 Å². The van der Waals surface area contributed by atoms with Crippen LogP contribution in [0.2, 0.25) is 0 Å². The van der Waals surface area contributed by atoms with E-state index in [9.17, 15) is 4.79 Å². The van der Waals surface area contributed by atoms with Crippen LogP contribution in [0.25, 0.3) is 11.0 Å². The summed E-state index contributed by atoms with van der Waals surface area (Å²) < 4.78 is 7.39. The van der Waals surface area contributed by atoms with E-state index in [1.807, 2.05) is 18.3 Å². The molecule has 1 aliphatic heterocycles. The number of hydrogen-bond acceptors (Lipinski definition) is 4. The number of nitrogens with one attached hydrogen (secondary N) is 1. The molecule has 1 amide bonds. The molecule has 2 aromatic rings. The summed E-state index contributed by atoms with van der Waals surface area (Å²) in [5, 5.41) is 3.95. The van der Waals surface area contributed by atoms with E-state index >= 15 is 0 Å². The highest BCUT2D eigenvalue weighted by molar-refractivity contribution is 6.06. The Kier molecular flexibility index (Phi) is 5.25. The van der Waals surface area contributed by atoms with Crippen molar-refractivity contribution in [2.75, 3.05) is 39.4 Å². The predicted octanol–water partition coefficient (Wildman–Crippen LogP) is 1.51. The van der Waals surface area contributed by atoms with Crippen molar-refractivity contribution in [3.05, 3.63) is 30.1 Å². The molecule has 0 spiro atoms. The number of amides is 1. The van der Waals surface area contributed by atoms with Crippen LogP contribution in [0.5, 0.6) is 0 Å². The Balaban J connectivity index is 1.65. The monoisotopic (exact) mass is 316 g/mol. The van der Waals surface area contributed by atoms with E-state index in [1.54, 1.807) is 6.20 Å². The normalized spacial score (nSPS) is 15.9. The summed E-state index contributed by atoms with van der Waals surface area (Å²) in [5.74, 6) is -0.0221. The van der Waals surface area contributed by atoms with Crippen molar-refractivity contribution in [1.29, 1.82) is 0 Å². The second-order valence-corrected chi connectivity index (χ2v) is 5.82. The van der Waals surface area contributed by atoms with E-state index in [4.69, 9.17) is 4.74 Å². The van der Waals surface area contributed by atoms with Crippen LogP contribution in [0.3, 0.4) is 0 Å². The van der Waals surface area contributed by atoms with Gasteiger partial charge in [-0.05, 0) is 18.6 Å². The summed E-state index contributed by atoms with van der Waals surface area (Å²) in [5.41, 5.74) is 1.59. The zero-order chi connectivity index (χ0) is 16.1. The van der Waals surface area contributed by atoms with Gasteiger partial charge in [0.1, 0.15) is 5.65 Å². The van der Waals surface area contributed by atoms with Gasteiger partial charge in [-0.25, -0.2) is 4.98 Å². The van der Waals surface area contributed by atoms with Gasteiger partial charge in [-0.3, -0.25) is 9.69 Å². The smallest absolute Gasteiger partial charge is 0.253 e. The van der Waals surface area contributed by atoms with Crippen LogP contribution in [0.15, 0.2) is 24.5 Å². The molecule has 0 atom stereocenters. The van der Waals surface area contributed by atoms with Crippen molar-refractivity contribution in [2.24, 2.45) is 0 Å². The lowest BCUT2D eigenvalue weighted by Crippen LogP contribution is -2.41. The zero-order valence-electron chi connectivity index (χ0n) is 13.6. The fourth-order valence-corrected chi connectivity index (χ4v) is 2.96. The molecular formula is C17H24N4O2. The average Bonchev–Trinajstić information content (AvgIpc) is 2.95. The van der Waals surface area contributed by atoms with Gasteiger partial charge in [0.25, 0.3) is 5.91 Å². The quantitative estimate of drug-likeness (QED) is 0.877. The molecule has 0 bridgehead atoms. The maximum Gasteiger partial charge on any atom is 0.253 e. The molecule has 2 aromatic heterocycles. The number of nitrogens with zero attached hydrogens (tertiary/aromatic N) is 3. The summed E-state index contributed by atoms with van der Waals surface area (Å²) in [4.78, 5) is 19.3. The minimum atomic E-state index is -0.0221. The molecule has 23 heavy (non-hydrogen) atoms. The number of carbonyl (C=O) groups excluding carboxylic acids is 1. The number of morpholine rings is 1. The van der Waals surface area contributed by atoms with E-state index in [0.29, 0.717) is 12.1 Å². The van der Waals surface area contributed by atoms with Crippen molar-refractivity contribution >= 4 is 16.9 Å². The molecule has 1 aliphatic rings. The van der Waals surface area contributed by atoms with Gasteiger partial charge in [0, 0.05) is 50.5 Å². The Morgan fingerprint density at radius 2 is 2.17 bits per heavy atom. The van der Waals surface area contributed by atoms with Crippen molar-refractivity contribution in [3.8, 4) is 0 Å². The average molecular weight is 316 g/mol. The molecular weight excluding hydrogens is 292 g/mol. The minimum Gasteiger partial charge on any atom is -0.379 e. The van der Waals surface area contributed by atoms with Gasteiger partial charge in [0.05, 0.1) is 18.8 Å². The minimum absolute atomic E-state index is 0.0221. The van der Waals surface area contributed by atoms with Gasteiger partial charge in [-0.2, -0.15) is 0 Å². The molecule has 0 saturated carbocycles. The Morgan fingerprint density at radius 3 is 2.96 bits per heavy atom. The van der Waals surface area contributed by atoms with Crippen molar-refractivity contribution < 1.29 is 9.53 Å². The number of fused-ring (bicyclic) bond motifs is 1. The standard InChI is InChI=1S/C17H24N4O2/c1-2-7-21-13-15(14-4-3-5-18-16(14)21)17(22)19-6-8-20-9-11-23-12-10-20/h3-5,13H,2,6-12H2,1H3,(H,19,22). The van der Waals surface area contributed by atoms with Gasteiger partial charge in [-0.15, -0.1) is 0 Å². The summed E-state index contributed by atoms with van der Waals surface area (Å²) in [7, 11) is 0. The maximum atomic E-state index is 12.5. The molecule has 6 heteroatoms. The van der Waals surface area contributed by atoms with Crippen LogP contribution in [0, 0.1) is 0 Å². The molecule has 1 fully saturated rings. The first-order valence-electron chi connectivity index (χ1n) is 8.31. The first-order chi connectivity index (χ1) is 11.3. The summed E-state index contributed by atoms with van der Waals surface area (Å²) in [6.07, 6.45) is 4.71. The molecule has 0 unspecified atom stereocenters. The second-order valence-electron chi connectivity index (χ2n) is 5.82. The van der Waals surface area contributed by atoms with E-state index in [1.165, 1.54) is 0 Å². The Hall–Kier alpha value is -1.92. The maximum absolute atomic E-state index is 12.5. The largest absolute Gasteiger partial charge is 0.379 e. The van der Waals surface area contributed by atoms with Crippen LogP contribution in [-0.4, -0.2) is 59.8 Å². The molecule has 124 valence electrons. The van der Waals surface area contributed by atoms with Crippen molar-refractivity contribution in [2.45, 2.75) is 19.9 Å². The number of carbonyl (C=O) groups is 1. The molecule has 1 N–H and O–H groups in total. The Morgan fingerprint density at radius 1 is 1.35 bits per heavy atom. The summed E-state index contributed by atoms with van der Waals surface area (Å²) in [6, 6.07) is 3.84. The van der Waals surface area contributed by atoms with E-state index in [-0.39, 0.29) is 5.91 Å². The number of aryl methyl sites for hydroxylation is 1. The first-order valence-corrected chi connectivity index (χ1v) is 8.31. The predicted molar refractivity (Wildman–Crippen MR) is 89.6 cm³/mol. The molecule has 0 aromatic carbocycles. The van der Waals surface area contributed by atoms with Crippen molar-refractivity contribution in [1.82, 2.24) is 19.8 Å². The van der Waals surface area contributed by atoms with Gasteiger partial charge in [0.15, 0.2) is 0 Å². The lowest BCUT2D eigenvalue weighted by molar-refractivity contribution is 0.0383. The molecule has 0 radical (unpaired) electrons. The highest BCUT2D eigenvalue weighted by Crippen LogP contribution is 2.19. The lowest BCUT2D eigenvalue weighted by atomic mass is 10.2. The summed E-state index contributed by atoms with van der Waals surface area (Å²) in [6.45, 7) is 7.95. The van der Waals surface area contributed by atoms with E-state index in [2.05, 4.69) is 26.7 Å². The van der Waals surface area contributed by atoms with E-state index < -0.39 is 0 Å². The van der Waals surface area contributed by atoms with Gasteiger partial charge in [-0.1, -0.05) is 6.92 Å². The highest BCUT2D eigenvalue weighted by atomic mass is 16.5. The molecule has 1 saturated heterocycles. The molecule has 0 aliphatic carbocycles. The number of ether oxygens (including phenoxy) is 1. The third kappa shape index (κ3) is 3.71. The highest BCUT2D eigenvalue weighted by Gasteiger charge is 2.16. The Labute approximate surface area is 136 Å². The Bertz CT molecular complexity index is 662. The van der Waals surface area contributed by atoms with Gasteiger partial charge >= 0.3 is 0 Å². The van der Waals surface area contributed by atoms with E-state index in [0.717, 1.165) is 56.8 Å². The van der Waals surface area contributed by atoms with Crippen LogP contribution < -0.4 is 5.32 Å². The number of aromatic nitrogens is 2. The van der Waals surface area contributed by atoms with Gasteiger partial charge < -0.3 is 14.6 Å². The SMILES string of the molecule is CCCn1cc(C(=O)NCCN2CCOCC2)c2cccnc21. The third-order valence-electron chi connectivity index (χ3n) is 4.16. The molecule has 6 nitrogen and oxygen atoms in total. The number of rotatable bonds is 6. The topological polar surface area (TPSA) is 59.4 Å². The summed E-state index contributed by atoms with van der Waals surface area (Å²) >= 11 is 0. The third-order valence-corrected chi connectivity index (χ3v) is 4.16. The fourth-order valence-electron chi connectivity index (χ4n) is 2.96. The first kappa shape index (κ1) is 16.0. The lowest BCUT2D eigenvalue weighted by Gasteiger charge is -2.26. The van der Waals surface area contributed by atoms with Crippen LogP contribution in [0.1, 0.15) is 23.7 Å². The number of hydrogen-bond donors (Lipinski definition) is 1. The van der Waals surface area contributed by atoms with Crippen molar-refractivity contribution in [3.63, 3.8) is 0 Å². The second kappa shape index (κ2) is 7.57. The van der Waals surface area contributed by atoms with Crippen LogP contribution in [-0.2, 0) is 11.3 Å². The fraction of sp³-hybridized carbons (Fsp3) is 0.529. The molecule has 3 rings (SSSR count).